The summed E-state index contributed by atoms with van der Waals surface area (Å²) in [6, 6.07) is 71.7. The first-order valence-electron chi connectivity index (χ1n) is 19.5. The third kappa shape index (κ3) is 5.08. The van der Waals surface area contributed by atoms with Gasteiger partial charge in [0.05, 0.1) is 28.4 Å². The van der Waals surface area contributed by atoms with Crippen LogP contribution in [0.25, 0.3) is 67.3 Å². The minimum Gasteiger partial charge on any atom is -0.455 e. The van der Waals surface area contributed by atoms with E-state index in [1.807, 2.05) is 60.7 Å². The van der Waals surface area contributed by atoms with Crippen molar-refractivity contribution in [2.75, 3.05) is 0 Å². The number of rotatable bonds is 5. The van der Waals surface area contributed by atoms with Crippen molar-refractivity contribution < 1.29 is 4.74 Å². The van der Waals surface area contributed by atoms with Crippen LogP contribution in [0, 0.1) is 11.3 Å². The first-order chi connectivity index (χ1) is 28.7. The maximum atomic E-state index is 10.3. The van der Waals surface area contributed by atoms with Gasteiger partial charge in [0, 0.05) is 44.5 Å². The molecule has 1 spiro atoms. The van der Waals surface area contributed by atoms with E-state index in [0.29, 0.717) is 11.4 Å². The Morgan fingerprint density at radius 3 is 1.41 bits per heavy atom. The van der Waals surface area contributed by atoms with Gasteiger partial charge in [-0.25, -0.2) is 9.97 Å². The molecule has 270 valence electrons. The Kier molecular flexibility index (Phi) is 7.74. The topological polar surface area (TPSA) is 58.8 Å². The number of aromatic nitrogens is 2. The summed E-state index contributed by atoms with van der Waals surface area (Å²) in [6.45, 7) is 0. The third-order valence-corrected chi connectivity index (χ3v) is 11.7. The van der Waals surface area contributed by atoms with Crippen molar-refractivity contribution >= 4 is 0 Å². The summed E-state index contributed by atoms with van der Waals surface area (Å²) in [5.74, 6) is 2.21. The molecule has 0 saturated carbocycles. The molecule has 0 radical (unpaired) electrons. The molecule has 8 aromatic carbocycles. The second kappa shape index (κ2) is 13.4. The Labute approximate surface area is 337 Å². The molecule has 0 amide bonds. The molecule has 4 heteroatoms. The van der Waals surface area contributed by atoms with Gasteiger partial charge in [-0.05, 0) is 39.9 Å². The Balaban J connectivity index is 1.11. The molecular weight excluding hydrogens is 707 g/mol. The van der Waals surface area contributed by atoms with Gasteiger partial charge in [-0.2, -0.15) is 5.26 Å². The van der Waals surface area contributed by atoms with Crippen molar-refractivity contribution in [3.8, 4) is 84.9 Å². The Hall–Kier alpha value is -7.87. The van der Waals surface area contributed by atoms with Crippen LogP contribution in [-0.4, -0.2) is 9.97 Å². The van der Waals surface area contributed by atoms with Crippen LogP contribution in [0.3, 0.4) is 0 Å². The monoisotopic (exact) mass is 739 g/mol. The molecule has 11 rings (SSSR count). The first-order valence-corrected chi connectivity index (χ1v) is 19.5. The van der Waals surface area contributed by atoms with Crippen LogP contribution in [-0.2, 0) is 5.41 Å². The summed E-state index contributed by atoms with van der Waals surface area (Å²) in [7, 11) is 0. The molecule has 0 unspecified atom stereocenters. The van der Waals surface area contributed by atoms with Crippen molar-refractivity contribution in [2.24, 2.45) is 0 Å². The van der Waals surface area contributed by atoms with E-state index in [-0.39, 0.29) is 0 Å². The van der Waals surface area contributed by atoms with Gasteiger partial charge in [0.25, 0.3) is 0 Å². The second-order valence-electron chi connectivity index (χ2n) is 14.7. The molecule has 0 saturated heterocycles. The molecule has 0 atom stereocenters. The lowest BCUT2D eigenvalue weighted by atomic mass is 9.65. The predicted molar refractivity (Wildman–Crippen MR) is 231 cm³/mol. The lowest BCUT2D eigenvalue weighted by Crippen LogP contribution is -2.32. The van der Waals surface area contributed by atoms with Crippen LogP contribution in [0.1, 0.15) is 27.8 Å². The summed E-state index contributed by atoms with van der Waals surface area (Å²) in [4.78, 5) is 10.2. The SMILES string of the molecule is N#Cc1ccccc1-c1cccc2c1Oc1c(-c3ccc(-c4nc(-c5ccccc5)cc(-c5ccccc5)n4)cc3)cccc1C21c2ccccc2-c2ccccc21. The molecule has 0 fully saturated rings. The fourth-order valence-corrected chi connectivity index (χ4v) is 9.09. The number of nitrogens with zero attached hydrogens (tertiary/aromatic N) is 3. The Bertz CT molecular complexity index is 2990. The van der Waals surface area contributed by atoms with Gasteiger partial charge >= 0.3 is 0 Å². The van der Waals surface area contributed by atoms with E-state index in [1.54, 1.807) is 0 Å². The molecule has 58 heavy (non-hydrogen) atoms. The minimum absolute atomic E-state index is 0.601. The third-order valence-electron chi connectivity index (χ3n) is 11.7. The zero-order valence-electron chi connectivity index (χ0n) is 31.3. The number of benzene rings is 8. The molecule has 1 aromatic heterocycles. The van der Waals surface area contributed by atoms with Crippen LogP contribution in [0.4, 0.5) is 0 Å². The largest absolute Gasteiger partial charge is 0.455 e. The van der Waals surface area contributed by atoms with Crippen molar-refractivity contribution in [3.63, 3.8) is 0 Å². The molecule has 0 bridgehead atoms. The smallest absolute Gasteiger partial charge is 0.160 e. The second-order valence-corrected chi connectivity index (χ2v) is 14.7. The highest BCUT2D eigenvalue weighted by Gasteiger charge is 2.52. The van der Waals surface area contributed by atoms with E-state index in [0.717, 1.165) is 73.0 Å². The molecule has 1 aliphatic heterocycles. The summed E-state index contributed by atoms with van der Waals surface area (Å²) in [5.41, 5.74) is 15.4. The lowest BCUT2D eigenvalue weighted by Gasteiger charge is -2.40. The number of nitriles is 1. The van der Waals surface area contributed by atoms with E-state index < -0.39 is 5.41 Å². The highest BCUT2D eigenvalue weighted by molar-refractivity contribution is 5.92. The molecule has 2 heterocycles. The van der Waals surface area contributed by atoms with E-state index in [1.165, 1.54) is 22.3 Å². The average molecular weight is 740 g/mol. The molecule has 9 aromatic rings. The van der Waals surface area contributed by atoms with Crippen LogP contribution in [0.5, 0.6) is 11.5 Å². The fraction of sp³-hybridized carbons (Fsp3) is 0.0185. The minimum atomic E-state index is -0.663. The fourth-order valence-electron chi connectivity index (χ4n) is 9.09. The number of ether oxygens (including phenoxy) is 1. The molecule has 1 aliphatic carbocycles. The average Bonchev–Trinajstić information content (AvgIpc) is 3.60. The summed E-state index contributed by atoms with van der Waals surface area (Å²) >= 11 is 0. The van der Waals surface area contributed by atoms with Gasteiger partial charge < -0.3 is 4.74 Å². The van der Waals surface area contributed by atoms with Crippen molar-refractivity contribution in [1.82, 2.24) is 9.97 Å². The van der Waals surface area contributed by atoms with E-state index in [4.69, 9.17) is 14.7 Å². The Morgan fingerprint density at radius 1 is 0.379 bits per heavy atom. The van der Waals surface area contributed by atoms with Gasteiger partial charge in [-0.15, -0.1) is 0 Å². The van der Waals surface area contributed by atoms with Crippen LogP contribution >= 0.6 is 0 Å². The molecular formula is C54H33N3O. The van der Waals surface area contributed by atoms with Crippen molar-refractivity contribution in [1.29, 1.82) is 5.26 Å². The summed E-state index contributed by atoms with van der Waals surface area (Å²) < 4.78 is 7.28. The highest BCUT2D eigenvalue weighted by atomic mass is 16.5. The highest BCUT2D eigenvalue weighted by Crippen LogP contribution is 2.64. The number of hydrogen-bond donors (Lipinski definition) is 0. The van der Waals surface area contributed by atoms with E-state index >= 15 is 0 Å². The zero-order valence-corrected chi connectivity index (χ0v) is 31.3. The number of para-hydroxylation sites is 2. The van der Waals surface area contributed by atoms with Gasteiger partial charge in [0.15, 0.2) is 5.82 Å². The van der Waals surface area contributed by atoms with Gasteiger partial charge in [-0.3, -0.25) is 0 Å². The van der Waals surface area contributed by atoms with E-state index in [9.17, 15) is 5.26 Å². The van der Waals surface area contributed by atoms with E-state index in [2.05, 4.69) is 146 Å². The standard InChI is InChI=1S/C54H33N3O/c55-34-39-19-7-8-20-40(39)44-24-14-28-48-52(44)58-51-41(23-13-27-47(51)54(48)45-25-11-9-21-42(45)43-22-10-12-26-46(43)54)35-29-31-38(32-30-35)53-56-49(36-15-3-1-4-16-36)33-50(57-53)37-17-5-2-6-18-37/h1-33H. The molecule has 2 aliphatic rings. The number of hydrogen-bond acceptors (Lipinski definition) is 4. The lowest BCUT2D eigenvalue weighted by molar-refractivity contribution is 0.440. The Morgan fingerprint density at radius 2 is 0.828 bits per heavy atom. The molecule has 0 N–H and O–H groups in total. The maximum Gasteiger partial charge on any atom is 0.160 e. The van der Waals surface area contributed by atoms with Crippen LogP contribution < -0.4 is 4.74 Å². The summed E-state index contributed by atoms with van der Waals surface area (Å²) in [5, 5.41) is 10.3. The normalized spacial score (nSPS) is 12.7. The van der Waals surface area contributed by atoms with Gasteiger partial charge in [0.1, 0.15) is 11.5 Å². The first kappa shape index (κ1) is 33.5. The zero-order chi connectivity index (χ0) is 38.6. The maximum absolute atomic E-state index is 10.3. The van der Waals surface area contributed by atoms with Gasteiger partial charge in [-0.1, -0.05) is 188 Å². The van der Waals surface area contributed by atoms with Crippen LogP contribution in [0.2, 0.25) is 0 Å². The number of fused-ring (bicyclic) bond motifs is 9. The van der Waals surface area contributed by atoms with Crippen LogP contribution in [0.15, 0.2) is 200 Å². The molecule has 4 nitrogen and oxygen atoms in total. The van der Waals surface area contributed by atoms with Crippen molar-refractivity contribution in [2.45, 2.75) is 5.41 Å². The van der Waals surface area contributed by atoms with Gasteiger partial charge in [0.2, 0.25) is 0 Å². The van der Waals surface area contributed by atoms with Crippen molar-refractivity contribution in [3.05, 3.63) is 228 Å². The quantitative estimate of drug-likeness (QED) is 0.176. The predicted octanol–water partition coefficient (Wildman–Crippen LogP) is 13.2. The summed E-state index contributed by atoms with van der Waals surface area (Å²) in [6.07, 6.45) is 0.